The van der Waals surface area contributed by atoms with Gasteiger partial charge in [0.05, 0.1) is 5.56 Å². The Morgan fingerprint density at radius 2 is 2.10 bits per heavy atom. The Bertz CT molecular complexity index is 580. The molecule has 0 spiro atoms. The molecule has 0 bridgehead atoms. The first-order valence-corrected chi connectivity index (χ1v) is 6.78. The van der Waals surface area contributed by atoms with Crippen LogP contribution >= 0.6 is 0 Å². The maximum atomic E-state index is 5.66. The van der Waals surface area contributed by atoms with E-state index in [4.69, 9.17) is 4.74 Å². The van der Waals surface area contributed by atoms with Crippen LogP contribution in [0.5, 0.6) is 11.9 Å². The number of nitrogens with one attached hydrogen (secondary N) is 1. The van der Waals surface area contributed by atoms with Crippen molar-refractivity contribution in [1.82, 2.24) is 24.7 Å². The van der Waals surface area contributed by atoms with Crippen molar-refractivity contribution in [2.75, 3.05) is 11.9 Å². The molecule has 0 aromatic carbocycles. The molecule has 2 heterocycles. The van der Waals surface area contributed by atoms with Gasteiger partial charge in [-0.15, -0.1) is 5.10 Å². The maximum absolute atomic E-state index is 5.66. The lowest BCUT2D eigenvalue weighted by Crippen LogP contribution is -2.09. The second-order valence-corrected chi connectivity index (χ2v) is 4.50. The topological polar surface area (TPSA) is 77.8 Å². The van der Waals surface area contributed by atoms with E-state index in [0.717, 1.165) is 36.6 Å². The second kappa shape index (κ2) is 6.31. The smallest absolute Gasteiger partial charge is 0.342 e. The average molecular weight is 276 g/mol. The Hall–Kier alpha value is -2.18. The standard InChI is InChI=1S/C13H20N6O/c1-5-7-14-11-9(3)12(17-10(6-2)16-11)20-13-15-8-19(4)18-13/h8H,5-7H2,1-4H3,(H,14,16,17). The van der Waals surface area contributed by atoms with Crippen LogP contribution in [0.2, 0.25) is 0 Å². The molecule has 108 valence electrons. The number of aromatic nitrogens is 5. The molecule has 2 aromatic heterocycles. The van der Waals surface area contributed by atoms with Gasteiger partial charge in [0.25, 0.3) is 0 Å². The monoisotopic (exact) mass is 276 g/mol. The minimum atomic E-state index is 0.290. The van der Waals surface area contributed by atoms with E-state index < -0.39 is 0 Å². The van der Waals surface area contributed by atoms with Crippen LogP contribution in [0, 0.1) is 6.92 Å². The summed E-state index contributed by atoms with van der Waals surface area (Å²) in [6.45, 7) is 6.91. The molecule has 2 rings (SSSR count). The van der Waals surface area contributed by atoms with E-state index >= 15 is 0 Å². The van der Waals surface area contributed by atoms with Crippen LogP contribution in [0.25, 0.3) is 0 Å². The number of nitrogens with zero attached hydrogens (tertiary/aromatic N) is 5. The van der Waals surface area contributed by atoms with Gasteiger partial charge < -0.3 is 10.1 Å². The molecular formula is C13H20N6O. The van der Waals surface area contributed by atoms with Crippen molar-refractivity contribution in [2.45, 2.75) is 33.6 Å². The minimum Gasteiger partial charge on any atom is -0.404 e. The third kappa shape index (κ3) is 3.23. The first-order chi connectivity index (χ1) is 9.63. The van der Waals surface area contributed by atoms with Crippen molar-refractivity contribution < 1.29 is 4.74 Å². The molecule has 7 nitrogen and oxygen atoms in total. The predicted molar refractivity (Wildman–Crippen MR) is 76.0 cm³/mol. The maximum Gasteiger partial charge on any atom is 0.342 e. The second-order valence-electron chi connectivity index (χ2n) is 4.50. The first kappa shape index (κ1) is 14.2. The van der Waals surface area contributed by atoms with E-state index in [1.807, 2.05) is 13.8 Å². The molecule has 7 heteroatoms. The molecule has 0 saturated carbocycles. The largest absolute Gasteiger partial charge is 0.404 e. The van der Waals surface area contributed by atoms with Crippen LogP contribution in [0.15, 0.2) is 6.33 Å². The summed E-state index contributed by atoms with van der Waals surface area (Å²) in [5.41, 5.74) is 0.864. The van der Waals surface area contributed by atoms with Gasteiger partial charge in [0, 0.05) is 20.0 Å². The molecule has 0 unspecified atom stereocenters. The van der Waals surface area contributed by atoms with E-state index in [1.165, 1.54) is 0 Å². The van der Waals surface area contributed by atoms with Crippen LogP contribution in [-0.4, -0.2) is 31.3 Å². The highest BCUT2D eigenvalue weighted by Gasteiger charge is 2.13. The molecule has 0 fully saturated rings. The van der Waals surface area contributed by atoms with Gasteiger partial charge in [0.15, 0.2) is 0 Å². The SMILES string of the molecule is CCCNc1nc(CC)nc(Oc2ncn(C)n2)c1C. The van der Waals surface area contributed by atoms with Gasteiger partial charge in [-0.2, -0.15) is 9.97 Å². The first-order valence-electron chi connectivity index (χ1n) is 6.78. The van der Waals surface area contributed by atoms with Crippen LogP contribution < -0.4 is 10.1 Å². The lowest BCUT2D eigenvalue weighted by atomic mass is 10.3. The van der Waals surface area contributed by atoms with Crippen molar-refractivity contribution in [2.24, 2.45) is 7.05 Å². The Balaban J connectivity index is 2.30. The fourth-order valence-electron chi connectivity index (χ4n) is 1.67. The van der Waals surface area contributed by atoms with Crippen LogP contribution in [0.3, 0.4) is 0 Å². The summed E-state index contributed by atoms with van der Waals surface area (Å²) in [5.74, 6) is 2.05. The summed E-state index contributed by atoms with van der Waals surface area (Å²) in [6.07, 6.45) is 3.36. The number of hydrogen-bond acceptors (Lipinski definition) is 6. The predicted octanol–water partition coefficient (Wildman–Crippen LogP) is 2.09. The zero-order chi connectivity index (χ0) is 14.5. The molecular weight excluding hydrogens is 256 g/mol. The van der Waals surface area contributed by atoms with E-state index in [0.29, 0.717) is 5.88 Å². The third-order valence-corrected chi connectivity index (χ3v) is 2.77. The molecule has 0 aliphatic heterocycles. The Morgan fingerprint density at radius 3 is 2.70 bits per heavy atom. The Kier molecular flexibility index (Phi) is 4.49. The molecule has 0 radical (unpaired) electrons. The lowest BCUT2D eigenvalue weighted by molar-refractivity contribution is 0.416. The highest BCUT2D eigenvalue weighted by molar-refractivity contribution is 5.49. The van der Waals surface area contributed by atoms with E-state index in [2.05, 4.69) is 32.3 Å². The van der Waals surface area contributed by atoms with Crippen molar-refractivity contribution in [1.29, 1.82) is 0 Å². The number of anilines is 1. The fourth-order valence-corrected chi connectivity index (χ4v) is 1.67. The molecule has 0 amide bonds. The van der Waals surface area contributed by atoms with Gasteiger partial charge in [-0.05, 0) is 13.3 Å². The quantitative estimate of drug-likeness (QED) is 0.870. The van der Waals surface area contributed by atoms with E-state index in [-0.39, 0.29) is 6.01 Å². The van der Waals surface area contributed by atoms with Crippen LogP contribution in [0.1, 0.15) is 31.7 Å². The van der Waals surface area contributed by atoms with Crippen molar-refractivity contribution >= 4 is 5.82 Å². The molecule has 0 saturated heterocycles. The summed E-state index contributed by atoms with van der Waals surface area (Å²) >= 11 is 0. The summed E-state index contributed by atoms with van der Waals surface area (Å²) in [7, 11) is 1.79. The summed E-state index contributed by atoms with van der Waals surface area (Å²) in [6, 6.07) is 0.290. The van der Waals surface area contributed by atoms with E-state index in [9.17, 15) is 0 Å². The van der Waals surface area contributed by atoms with Gasteiger partial charge in [-0.25, -0.2) is 4.98 Å². The van der Waals surface area contributed by atoms with Gasteiger partial charge in [-0.3, -0.25) is 4.68 Å². The highest BCUT2D eigenvalue weighted by Crippen LogP contribution is 2.25. The van der Waals surface area contributed by atoms with Gasteiger partial charge in [-0.1, -0.05) is 13.8 Å². The number of ether oxygens (including phenoxy) is 1. The van der Waals surface area contributed by atoms with Crippen molar-refractivity contribution in [3.8, 4) is 11.9 Å². The third-order valence-electron chi connectivity index (χ3n) is 2.77. The minimum absolute atomic E-state index is 0.290. The number of rotatable bonds is 6. The number of hydrogen-bond donors (Lipinski definition) is 1. The molecule has 2 aromatic rings. The fraction of sp³-hybridized carbons (Fsp3) is 0.538. The van der Waals surface area contributed by atoms with Gasteiger partial charge in [0.2, 0.25) is 5.88 Å². The summed E-state index contributed by atoms with van der Waals surface area (Å²) in [5, 5.41) is 7.39. The molecule has 0 aliphatic carbocycles. The Labute approximate surface area is 118 Å². The molecule has 0 aliphatic rings. The lowest BCUT2D eigenvalue weighted by Gasteiger charge is -2.12. The van der Waals surface area contributed by atoms with Crippen molar-refractivity contribution in [3.05, 3.63) is 17.7 Å². The zero-order valence-electron chi connectivity index (χ0n) is 12.3. The van der Waals surface area contributed by atoms with E-state index in [1.54, 1.807) is 18.1 Å². The van der Waals surface area contributed by atoms with Gasteiger partial charge in [0.1, 0.15) is 18.0 Å². The summed E-state index contributed by atoms with van der Waals surface area (Å²) < 4.78 is 7.25. The zero-order valence-corrected chi connectivity index (χ0v) is 12.3. The molecule has 1 N–H and O–H groups in total. The molecule has 0 atom stereocenters. The highest BCUT2D eigenvalue weighted by atomic mass is 16.5. The van der Waals surface area contributed by atoms with Gasteiger partial charge >= 0.3 is 6.01 Å². The average Bonchev–Trinajstić information content (AvgIpc) is 2.85. The molecule has 20 heavy (non-hydrogen) atoms. The van der Waals surface area contributed by atoms with Crippen LogP contribution in [0.4, 0.5) is 5.82 Å². The summed E-state index contributed by atoms with van der Waals surface area (Å²) in [4.78, 5) is 12.9. The normalized spacial score (nSPS) is 10.6. The van der Waals surface area contributed by atoms with Crippen LogP contribution in [-0.2, 0) is 13.5 Å². The van der Waals surface area contributed by atoms with Crippen molar-refractivity contribution in [3.63, 3.8) is 0 Å². The Morgan fingerprint density at radius 1 is 1.30 bits per heavy atom. The number of aryl methyl sites for hydroxylation is 2.